The molecular formula is C39H46O7. The van der Waals surface area contributed by atoms with Gasteiger partial charge in [0.25, 0.3) is 0 Å². The van der Waals surface area contributed by atoms with Crippen molar-refractivity contribution in [3.63, 3.8) is 0 Å². The van der Waals surface area contributed by atoms with E-state index in [4.69, 9.17) is 18.9 Å². The van der Waals surface area contributed by atoms with Crippen molar-refractivity contribution in [2.45, 2.75) is 78.1 Å². The predicted molar refractivity (Wildman–Crippen MR) is 181 cm³/mol. The molecule has 244 valence electrons. The maximum atomic E-state index is 12.7. The van der Waals surface area contributed by atoms with Crippen LogP contribution in [0.3, 0.4) is 0 Å². The average Bonchev–Trinajstić information content (AvgIpc) is 3.05. The highest BCUT2D eigenvalue weighted by molar-refractivity contribution is 5.93. The number of ether oxygens (including phenoxy) is 4. The van der Waals surface area contributed by atoms with E-state index < -0.39 is 17.9 Å². The van der Waals surface area contributed by atoms with Gasteiger partial charge in [-0.3, -0.25) is 0 Å². The lowest BCUT2D eigenvalue weighted by Gasteiger charge is -2.11. The van der Waals surface area contributed by atoms with E-state index in [0.29, 0.717) is 0 Å². The normalized spacial score (nSPS) is 10.6. The summed E-state index contributed by atoms with van der Waals surface area (Å²) in [5, 5.41) is 0. The molecule has 0 heterocycles. The molecule has 0 amide bonds. The smallest absolute Gasteiger partial charge is 0.338 e. The van der Waals surface area contributed by atoms with Crippen LogP contribution in [0.5, 0.6) is 17.2 Å². The molecule has 0 radical (unpaired) electrons. The number of hydrogen-bond acceptors (Lipinski definition) is 7. The van der Waals surface area contributed by atoms with Crippen LogP contribution in [0.2, 0.25) is 0 Å². The van der Waals surface area contributed by atoms with Gasteiger partial charge in [0.1, 0.15) is 17.2 Å². The Morgan fingerprint density at radius 1 is 0.543 bits per heavy atom. The fourth-order valence-electron chi connectivity index (χ4n) is 4.63. The summed E-state index contributed by atoms with van der Waals surface area (Å²) in [6.07, 6.45) is 11.1. The van der Waals surface area contributed by atoms with Gasteiger partial charge in [0, 0.05) is 17.2 Å². The SMILES string of the molecule is C=C(C)C(=O)Oc1cc(OC(=O)C(=C)C)cc(C(=O)OCCCCCCCCCCCCOc2ccc(-c3ccccc3)cc2)c1. The van der Waals surface area contributed by atoms with Gasteiger partial charge in [-0.1, -0.05) is 107 Å². The van der Waals surface area contributed by atoms with Gasteiger partial charge in [-0.15, -0.1) is 0 Å². The monoisotopic (exact) mass is 626 g/mol. The Morgan fingerprint density at radius 3 is 1.50 bits per heavy atom. The molecule has 7 heteroatoms. The van der Waals surface area contributed by atoms with E-state index in [9.17, 15) is 14.4 Å². The van der Waals surface area contributed by atoms with E-state index >= 15 is 0 Å². The minimum Gasteiger partial charge on any atom is -0.494 e. The number of esters is 3. The lowest BCUT2D eigenvalue weighted by molar-refractivity contribution is -0.130. The zero-order valence-electron chi connectivity index (χ0n) is 27.2. The van der Waals surface area contributed by atoms with Crippen LogP contribution in [0.1, 0.15) is 88.4 Å². The molecule has 0 atom stereocenters. The number of carbonyl (C=O) groups is 3. The zero-order chi connectivity index (χ0) is 33.1. The number of benzene rings is 3. The van der Waals surface area contributed by atoms with Gasteiger partial charge in [-0.2, -0.15) is 0 Å². The summed E-state index contributed by atoms with van der Waals surface area (Å²) >= 11 is 0. The van der Waals surface area contributed by atoms with Crippen LogP contribution < -0.4 is 14.2 Å². The molecule has 0 aliphatic rings. The van der Waals surface area contributed by atoms with Crippen molar-refractivity contribution in [3.05, 3.63) is 103 Å². The first-order chi connectivity index (χ1) is 22.2. The molecule has 0 bridgehead atoms. The maximum Gasteiger partial charge on any atom is 0.338 e. The molecule has 0 spiro atoms. The van der Waals surface area contributed by atoms with E-state index in [1.807, 2.05) is 30.3 Å². The van der Waals surface area contributed by atoms with Crippen LogP contribution in [0.15, 0.2) is 97.1 Å². The number of rotatable bonds is 20. The van der Waals surface area contributed by atoms with Crippen molar-refractivity contribution in [1.29, 1.82) is 0 Å². The molecule has 7 nitrogen and oxygen atoms in total. The molecule has 0 aromatic heterocycles. The van der Waals surface area contributed by atoms with Crippen LogP contribution >= 0.6 is 0 Å². The molecule has 0 aliphatic carbocycles. The second-order valence-corrected chi connectivity index (χ2v) is 11.4. The van der Waals surface area contributed by atoms with Crippen molar-refractivity contribution in [3.8, 4) is 28.4 Å². The first kappa shape index (κ1) is 35.8. The molecule has 0 aliphatic heterocycles. The van der Waals surface area contributed by atoms with Gasteiger partial charge >= 0.3 is 17.9 Å². The first-order valence-corrected chi connectivity index (χ1v) is 16.1. The summed E-state index contributed by atoms with van der Waals surface area (Å²) in [4.78, 5) is 36.6. The van der Waals surface area contributed by atoms with E-state index in [1.165, 1.54) is 75.3 Å². The molecular weight excluding hydrogens is 580 g/mol. The van der Waals surface area contributed by atoms with Gasteiger partial charge in [0.05, 0.1) is 18.8 Å². The minimum atomic E-state index is -0.658. The van der Waals surface area contributed by atoms with Crippen LogP contribution in [0.4, 0.5) is 0 Å². The van der Waals surface area contributed by atoms with Gasteiger partial charge in [0.2, 0.25) is 0 Å². The largest absolute Gasteiger partial charge is 0.494 e. The molecule has 0 N–H and O–H groups in total. The fourth-order valence-corrected chi connectivity index (χ4v) is 4.63. The number of unbranched alkanes of at least 4 members (excludes halogenated alkanes) is 9. The van der Waals surface area contributed by atoms with Gasteiger partial charge < -0.3 is 18.9 Å². The average molecular weight is 627 g/mol. The van der Waals surface area contributed by atoms with Gasteiger partial charge in [-0.25, -0.2) is 14.4 Å². The van der Waals surface area contributed by atoms with Gasteiger partial charge in [0.15, 0.2) is 0 Å². The Bertz CT molecular complexity index is 1390. The second-order valence-electron chi connectivity index (χ2n) is 11.4. The lowest BCUT2D eigenvalue weighted by atomic mass is 10.1. The van der Waals surface area contributed by atoms with Crippen molar-refractivity contribution in [1.82, 2.24) is 0 Å². The third-order valence-corrected chi connectivity index (χ3v) is 7.24. The molecule has 3 aromatic carbocycles. The number of carbonyl (C=O) groups excluding carboxylic acids is 3. The zero-order valence-corrected chi connectivity index (χ0v) is 27.2. The summed E-state index contributed by atoms with van der Waals surface area (Å²) in [5.74, 6) is -0.896. The number of hydrogen-bond donors (Lipinski definition) is 0. The highest BCUT2D eigenvalue weighted by atomic mass is 16.5. The lowest BCUT2D eigenvalue weighted by Crippen LogP contribution is -2.12. The standard InChI is InChI=1S/C39H46O7/c1-29(2)37(40)45-35-26-33(27-36(28-35)46-38(41)30(3)4)39(42)44-25-17-12-10-8-6-5-7-9-11-16-24-43-34-22-20-32(21-23-34)31-18-14-13-15-19-31/h13-15,18-23,26-28H,1,3,5-12,16-17,24-25H2,2,4H3. The molecule has 0 unspecified atom stereocenters. The maximum absolute atomic E-state index is 12.7. The van der Waals surface area contributed by atoms with Crippen LogP contribution in [-0.4, -0.2) is 31.1 Å². The Hall–Kier alpha value is -4.65. The molecule has 0 fully saturated rings. The van der Waals surface area contributed by atoms with Crippen LogP contribution in [0.25, 0.3) is 11.1 Å². The van der Waals surface area contributed by atoms with E-state index in [0.717, 1.165) is 44.5 Å². The van der Waals surface area contributed by atoms with Gasteiger partial charge in [-0.05, 0) is 62.1 Å². The van der Waals surface area contributed by atoms with E-state index in [2.05, 4.69) is 37.4 Å². The molecule has 46 heavy (non-hydrogen) atoms. The molecule has 0 saturated carbocycles. The van der Waals surface area contributed by atoms with Crippen molar-refractivity contribution in [2.75, 3.05) is 13.2 Å². The summed E-state index contributed by atoms with van der Waals surface area (Å²) in [6, 6.07) is 22.7. The Morgan fingerprint density at radius 2 is 1.00 bits per heavy atom. The van der Waals surface area contributed by atoms with Crippen LogP contribution in [0, 0.1) is 0 Å². The Labute approximate surface area is 273 Å². The Balaban J connectivity index is 1.23. The fraction of sp³-hybridized carbons (Fsp3) is 0.359. The highest BCUT2D eigenvalue weighted by Crippen LogP contribution is 2.26. The third-order valence-electron chi connectivity index (χ3n) is 7.24. The highest BCUT2D eigenvalue weighted by Gasteiger charge is 2.16. The molecule has 3 aromatic rings. The summed E-state index contributed by atoms with van der Waals surface area (Å²) in [7, 11) is 0. The topological polar surface area (TPSA) is 88.1 Å². The molecule has 3 rings (SSSR count). The quantitative estimate of drug-likeness (QED) is 0.0534. The Kier molecular flexibility index (Phi) is 15.3. The molecule has 0 saturated heterocycles. The van der Waals surface area contributed by atoms with Crippen LogP contribution in [-0.2, 0) is 14.3 Å². The van der Waals surface area contributed by atoms with E-state index in [1.54, 1.807) is 0 Å². The van der Waals surface area contributed by atoms with E-state index in [-0.39, 0.29) is 34.8 Å². The summed E-state index contributed by atoms with van der Waals surface area (Å²) in [6.45, 7) is 11.1. The third kappa shape index (κ3) is 13.1. The minimum absolute atomic E-state index is 0.0466. The van der Waals surface area contributed by atoms with Crippen molar-refractivity contribution < 1.29 is 33.3 Å². The van der Waals surface area contributed by atoms with Crippen molar-refractivity contribution in [2.24, 2.45) is 0 Å². The second kappa shape index (κ2) is 19.7. The summed E-state index contributed by atoms with van der Waals surface area (Å²) < 4.78 is 21.8. The predicted octanol–water partition coefficient (Wildman–Crippen LogP) is 9.45. The summed E-state index contributed by atoms with van der Waals surface area (Å²) in [5.41, 5.74) is 2.90. The first-order valence-electron chi connectivity index (χ1n) is 16.1. The van der Waals surface area contributed by atoms with Crippen molar-refractivity contribution >= 4 is 17.9 Å².